The third-order valence-corrected chi connectivity index (χ3v) is 7.52. The van der Waals surface area contributed by atoms with Crippen molar-refractivity contribution in [2.24, 2.45) is 21.8 Å². The molecule has 3 nitrogen and oxygen atoms in total. The van der Waals surface area contributed by atoms with Gasteiger partial charge in [0.15, 0.2) is 0 Å². The Bertz CT molecular complexity index is 1200. The van der Waals surface area contributed by atoms with Gasteiger partial charge in [0.05, 0.1) is 34.2 Å². The second-order valence-electron chi connectivity index (χ2n) is 12.9. The van der Waals surface area contributed by atoms with Crippen molar-refractivity contribution in [1.29, 1.82) is 0 Å². The number of aromatic nitrogens is 1. The Labute approximate surface area is 244 Å². The molecule has 214 valence electrons. The first-order valence-corrected chi connectivity index (χ1v) is 15.2. The van der Waals surface area contributed by atoms with E-state index in [4.69, 9.17) is 15.0 Å². The van der Waals surface area contributed by atoms with Crippen LogP contribution in [0.1, 0.15) is 140 Å². The Morgan fingerprint density at radius 1 is 0.450 bits per heavy atom. The highest BCUT2D eigenvalue weighted by atomic mass is 14.9. The van der Waals surface area contributed by atoms with Gasteiger partial charge in [-0.25, -0.2) is 4.98 Å². The Morgan fingerprint density at radius 2 is 0.725 bits per heavy atom. The summed E-state index contributed by atoms with van der Waals surface area (Å²) in [6.07, 6.45) is 0. The minimum atomic E-state index is 0.219. The van der Waals surface area contributed by atoms with Gasteiger partial charge in [0.25, 0.3) is 0 Å². The number of rotatable bonds is 10. The highest BCUT2D eigenvalue weighted by Crippen LogP contribution is 2.37. The van der Waals surface area contributed by atoms with Crippen LogP contribution in [0.25, 0.3) is 0 Å². The first-order chi connectivity index (χ1) is 18.8. The van der Waals surface area contributed by atoms with E-state index in [0.717, 1.165) is 34.2 Å². The number of hydrogen-bond donors (Lipinski definition) is 0. The van der Waals surface area contributed by atoms with Crippen molar-refractivity contribution < 1.29 is 0 Å². The molecule has 2 aromatic carbocycles. The van der Waals surface area contributed by atoms with Gasteiger partial charge in [-0.15, -0.1) is 0 Å². The SMILES string of the molecule is CC(C)C(=Nc1c(C(C)C)cccc1C(C)C)c1cccc(C(=Nc2c(C(C)C)cccc2C(C)C)C(C)C)n1. The van der Waals surface area contributed by atoms with E-state index >= 15 is 0 Å². The molecule has 1 heterocycles. The van der Waals surface area contributed by atoms with Crippen molar-refractivity contribution in [1.82, 2.24) is 4.98 Å². The fourth-order valence-electron chi connectivity index (χ4n) is 5.21. The zero-order valence-corrected chi connectivity index (χ0v) is 27.0. The molecule has 3 aromatic rings. The predicted molar refractivity (Wildman–Crippen MR) is 176 cm³/mol. The van der Waals surface area contributed by atoms with E-state index in [0.29, 0.717) is 23.7 Å². The molecule has 0 unspecified atom stereocenters. The van der Waals surface area contributed by atoms with Gasteiger partial charge in [-0.2, -0.15) is 0 Å². The smallest absolute Gasteiger partial charge is 0.0855 e. The van der Waals surface area contributed by atoms with Gasteiger partial charge >= 0.3 is 0 Å². The number of para-hydroxylation sites is 2. The van der Waals surface area contributed by atoms with Crippen LogP contribution in [0.3, 0.4) is 0 Å². The van der Waals surface area contributed by atoms with Gasteiger partial charge in [-0.05, 0) is 69.9 Å². The van der Waals surface area contributed by atoms with Crippen molar-refractivity contribution >= 4 is 22.8 Å². The Kier molecular flexibility index (Phi) is 10.6. The summed E-state index contributed by atoms with van der Waals surface area (Å²) in [5.74, 6) is 2.00. The minimum Gasteiger partial charge on any atom is -0.250 e. The molecule has 0 saturated carbocycles. The van der Waals surface area contributed by atoms with Crippen LogP contribution in [-0.2, 0) is 0 Å². The lowest BCUT2D eigenvalue weighted by atomic mass is 9.92. The molecule has 3 rings (SSSR count). The molecule has 0 aliphatic heterocycles. The first kappa shape index (κ1) is 31.5. The minimum absolute atomic E-state index is 0.219. The van der Waals surface area contributed by atoms with Crippen molar-refractivity contribution in [2.75, 3.05) is 0 Å². The third kappa shape index (κ3) is 7.16. The highest BCUT2D eigenvalue weighted by Gasteiger charge is 2.20. The van der Waals surface area contributed by atoms with E-state index in [1.165, 1.54) is 22.3 Å². The predicted octanol–water partition coefficient (Wildman–Crippen LogP) is 11.1. The maximum atomic E-state index is 5.39. The largest absolute Gasteiger partial charge is 0.250 e. The topological polar surface area (TPSA) is 37.6 Å². The second-order valence-corrected chi connectivity index (χ2v) is 12.9. The van der Waals surface area contributed by atoms with Gasteiger partial charge in [-0.1, -0.05) is 126 Å². The van der Waals surface area contributed by atoms with Crippen molar-refractivity contribution in [2.45, 2.75) is 107 Å². The van der Waals surface area contributed by atoms with E-state index in [9.17, 15) is 0 Å². The van der Waals surface area contributed by atoms with Gasteiger partial charge < -0.3 is 0 Å². The van der Waals surface area contributed by atoms with E-state index < -0.39 is 0 Å². The maximum absolute atomic E-state index is 5.39. The fraction of sp³-hybridized carbons (Fsp3) is 0.486. The summed E-state index contributed by atoms with van der Waals surface area (Å²) >= 11 is 0. The lowest BCUT2D eigenvalue weighted by Gasteiger charge is -2.20. The number of hydrogen-bond acceptors (Lipinski definition) is 3. The van der Waals surface area contributed by atoms with Crippen LogP contribution in [-0.4, -0.2) is 16.4 Å². The lowest BCUT2D eigenvalue weighted by Crippen LogP contribution is -2.17. The van der Waals surface area contributed by atoms with E-state index in [1.54, 1.807) is 0 Å². The molecule has 0 radical (unpaired) electrons. The maximum Gasteiger partial charge on any atom is 0.0855 e. The normalized spacial score (nSPS) is 13.2. The molecule has 0 aliphatic carbocycles. The van der Waals surface area contributed by atoms with Gasteiger partial charge in [-0.3, -0.25) is 9.98 Å². The molecule has 0 aliphatic rings. The quantitative estimate of drug-likeness (QED) is 0.237. The molecule has 40 heavy (non-hydrogen) atoms. The Morgan fingerprint density at radius 3 is 0.975 bits per heavy atom. The molecule has 0 amide bonds. The first-order valence-electron chi connectivity index (χ1n) is 15.2. The monoisotopic (exact) mass is 537 g/mol. The lowest BCUT2D eigenvalue weighted by molar-refractivity contribution is 0.828. The summed E-state index contributed by atoms with van der Waals surface area (Å²) in [6, 6.07) is 19.6. The van der Waals surface area contributed by atoms with Gasteiger partial charge in [0.2, 0.25) is 0 Å². The summed E-state index contributed by atoms with van der Waals surface area (Å²) in [5.41, 5.74) is 11.3. The molecule has 3 heteroatoms. The second kappa shape index (κ2) is 13.5. The summed E-state index contributed by atoms with van der Waals surface area (Å²) in [7, 11) is 0. The van der Waals surface area contributed by atoms with Crippen molar-refractivity contribution in [3.05, 3.63) is 88.2 Å². The van der Waals surface area contributed by atoms with Crippen LogP contribution in [0, 0.1) is 11.8 Å². The number of benzene rings is 2. The molecule has 0 spiro atoms. The standard InChI is InChI=1S/C37H51N3/c1-22(2)28-16-13-17-29(23(3)4)36(28)39-34(26(9)10)32-20-15-21-33(38-32)35(27(11)12)40-37-30(24(5)6)18-14-19-31(37)25(7)8/h13-27H,1-12H3. The Hall–Kier alpha value is -3.07. The number of pyridine rings is 1. The van der Waals surface area contributed by atoms with E-state index in [1.807, 2.05) is 0 Å². The van der Waals surface area contributed by atoms with Crippen molar-refractivity contribution in [3.63, 3.8) is 0 Å². The molecular weight excluding hydrogens is 486 g/mol. The molecule has 0 atom stereocenters. The average molecular weight is 538 g/mol. The third-order valence-electron chi connectivity index (χ3n) is 7.52. The molecule has 0 bridgehead atoms. The van der Waals surface area contributed by atoms with E-state index in [-0.39, 0.29) is 11.8 Å². The summed E-state index contributed by atoms with van der Waals surface area (Å²) in [6.45, 7) is 26.8. The molecule has 1 aromatic heterocycles. The van der Waals surface area contributed by atoms with Crippen LogP contribution >= 0.6 is 0 Å². The summed E-state index contributed by atoms with van der Waals surface area (Å²) in [5, 5.41) is 0. The molecule has 0 fully saturated rings. The zero-order valence-electron chi connectivity index (χ0n) is 27.0. The van der Waals surface area contributed by atoms with Crippen LogP contribution in [0.2, 0.25) is 0 Å². The molecule has 0 N–H and O–H groups in total. The summed E-state index contributed by atoms with van der Waals surface area (Å²) < 4.78 is 0. The molecule has 0 saturated heterocycles. The van der Waals surface area contributed by atoms with Crippen LogP contribution in [0.15, 0.2) is 64.6 Å². The fourth-order valence-corrected chi connectivity index (χ4v) is 5.21. The summed E-state index contributed by atoms with van der Waals surface area (Å²) in [4.78, 5) is 16.0. The van der Waals surface area contributed by atoms with Crippen LogP contribution in [0.4, 0.5) is 11.4 Å². The number of nitrogens with zero attached hydrogens (tertiary/aromatic N) is 3. The van der Waals surface area contributed by atoms with Crippen LogP contribution < -0.4 is 0 Å². The average Bonchev–Trinajstić information content (AvgIpc) is 2.89. The highest BCUT2D eigenvalue weighted by molar-refractivity contribution is 6.05. The van der Waals surface area contributed by atoms with Gasteiger partial charge in [0, 0.05) is 0 Å². The zero-order chi connectivity index (χ0) is 29.7. The molecular formula is C37H51N3. The van der Waals surface area contributed by atoms with E-state index in [2.05, 4.69) is 138 Å². The van der Waals surface area contributed by atoms with Gasteiger partial charge in [0.1, 0.15) is 0 Å². The number of aliphatic imine (C=N–C) groups is 2. The van der Waals surface area contributed by atoms with Crippen LogP contribution in [0.5, 0.6) is 0 Å². The van der Waals surface area contributed by atoms with Crippen molar-refractivity contribution in [3.8, 4) is 0 Å². The Balaban J connectivity index is 2.25.